The number of ketones is 1. The third kappa shape index (κ3) is 1.87. The summed E-state index contributed by atoms with van der Waals surface area (Å²) in [5.74, 6) is 0.531. The van der Waals surface area contributed by atoms with Gasteiger partial charge in [0, 0.05) is 17.0 Å². The normalized spacial score (nSPS) is 11.3. The van der Waals surface area contributed by atoms with E-state index in [0.29, 0.717) is 15.8 Å². The Morgan fingerprint density at radius 2 is 2.06 bits per heavy atom. The van der Waals surface area contributed by atoms with Gasteiger partial charge in [0.25, 0.3) is 0 Å². The van der Waals surface area contributed by atoms with Crippen LogP contribution in [0.25, 0.3) is 10.1 Å². The summed E-state index contributed by atoms with van der Waals surface area (Å²) >= 11 is 7.66. The standard InChI is InChI=1S/C13H13ClOS/c1-7(2)9-4-5-10-11(6-9)16-13(8(3)15)12(10)14/h4-7H,1-3H3. The van der Waals surface area contributed by atoms with Crippen molar-refractivity contribution in [3.8, 4) is 0 Å². The summed E-state index contributed by atoms with van der Waals surface area (Å²) < 4.78 is 1.10. The van der Waals surface area contributed by atoms with Crippen molar-refractivity contribution in [3.05, 3.63) is 33.7 Å². The van der Waals surface area contributed by atoms with E-state index >= 15 is 0 Å². The molecule has 0 atom stereocenters. The number of thiophene rings is 1. The molecule has 1 aromatic carbocycles. The minimum Gasteiger partial charge on any atom is -0.294 e. The fourth-order valence-corrected chi connectivity index (χ4v) is 3.18. The Labute approximate surface area is 104 Å². The molecule has 1 nitrogen and oxygen atoms in total. The van der Waals surface area contributed by atoms with E-state index in [-0.39, 0.29) is 5.78 Å². The van der Waals surface area contributed by atoms with Gasteiger partial charge in [0.1, 0.15) is 0 Å². The van der Waals surface area contributed by atoms with Gasteiger partial charge in [0.15, 0.2) is 5.78 Å². The van der Waals surface area contributed by atoms with Crippen molar-refractivity contribution in [3.63, 3.8) is 0 Å². The van der Waals surface area contributed by atoms with Crippen LogP contribution in [0.3, 0.4) is 0 Å². The summed E-state index contributed by atoms with van der Waals surface area (Å²) in [6, 6.07) is 6.22. The van der Waals surface area contributed by atoms with Crippen LogP contribution in [0.1, 0.15) is 41.9 Å². The van der Waals surface area contributed by atoms with Gasteiger partial charge in [-0.05, 0) is 17.5 Å². The molecule has 0 aliphatic heterocycles. The Morgan fingerprint density at radius 1 is 1.38 bits per heavy atom. The lowest BCUT2D eigenvalue weighted by atomic mass is 10.0. The molecule has 84 valence electrons. The number of Topliss-reactive ketones (excluding diaryl/α,β-unsaturated/α-hetero) is 1. The first-order valence-corrected chi connectivity index (χ1v) is 6.43. The predicted octanol–water partition coefficient (Wildman–Crippen LogP) is 4.88. The maximum Gasteiger partial charge on any atom is 0.171 e. The van der Waals surface area contributed by atoms with Crippen molar-refractivity contribution in [2.75, 3.05) is 0 Å². The second-order valence-corrected chi connectivity index (χ2v) is 5.64. The number of carbonyl (C=O) groups excluding carboxylic acids is 1. The van der Waals surface area contributed by atoms with Crippen LogP contribution in [0.15, 0.2) is 18.2 Å². The summed E-state index contributed by atoms with van der Waals surface area (Å²) in [6.07, 6.45) is 0. The summed E-state index contributed by atoms with van der Waals surface area (Å²) in [7, 11) is 0. The average Bonchev–Trinajstić information content (AvgIpc) is 2.55. The van der Waals surface area contributed by atoms with E-state index in [1.165, 1.54) is 16.9 Å². The van der Waals surface area contributed by atoms with Gasteiger partial charge in [-0.3, -0.25) is 4.79 Å². The van der Waals surface area contributed by atoms with Crippen molar-refractivity contribution in [1.82, 2.24) is 0 Å². The molecule has 0 spiro atoms. The maximum absolute atomic E-state index is 11.4. The third-order valence-electron chi connectivity index (χ3n) is 2.64. The number of carbonyl (C=O) groups is 1. The zero-order valence-corrected chi connectivity index (χ0v) is 11.1. The Balaban J connectivity index is 2.67. The van der Waals surface area contributed by atoms with Gasteiger partial charge in [-0.25, -0.2) is 0 Å². The maximum atomic E-state index is 11.4. The molecule has 0 radical (unpaired) electrons. The lowest BCUT2D eigenvalue weighted by Crippen LogP contribution is -1.86. The summed E-state index contributed by atoms with van der Waals surface area (Å²) in [5, 5.41) is 1.59. The molecular weight excluding hydrogens is 240 g/mol. The smallest absolute Gasteiger partial charge is 0.171 e. The van der Waals surface area contributed by atoms with E-state index in [4.69, 9.17) is 11.6 Å². The summed E-state index contributed by atoms with van der Waals surface area (Å²) in [5.41, 5.74) is 1.28. The van der Waals surface area contributed by atoms with Crippen molar-refractivity contribution in [1.29, 1.82) is 0 Å². The van der Waals surface area contributed by atoms with Crippen LogP contribution >= 0.6 is 22.9 Å². The van der Waals surface area contributed by atoms with Crippen molar-refractivity contribution in [2.45, 2.75) is 26.7 Å². The van der Waals surface area contributed by atoms with E-state index in [2.05, 4.69) is 26.0 Å². The fraction of sp³-hybridized carbons (Fsp3) is 0.308. The average molecular weight is 253 g/mol. The molecule has 0 aliphatic rings. The Kier molecular flexibility index (Phi) is 3.04. The van der Waals surface area contributed by atoms with Gasteiger partial charge in [0.05, 0.1) is 9.90 Å². The second-order valence-electron chi connectivity index (χ2n) is 4.21. The molecular formula is C13H13ClOS. The molecule has 2 rings (SSSR count). The van der Waals surface area contributed by atoms with Gasteiger partial charge in [-0.1, -0.05) is 37.6 Å². The quantitative estimate of drug-likeness (QED) is 0.696. The zero-order chi connectivity index (χ0) is 11.9. The van der Waals surface area contributed by atoms with Crippen LogP contribution in [0.4, 0.5) is 0 Å². The molecule has 0 unspecified atom stereocenters. The minimum absolute atomic E-state index is 0.0392. The molecule has 0 aliphatic carbocycles. The zero-order valence-electron chi connectivity index (χ0n) is 9.50. The van der Waals surface area contributed by atoms with E-state index in [0.717, 1.165) is 10.1 Å². The van der Waals surface area contributed by atoms with E-state index in [1.807, 2.05) is 6.07 Å². The molecule has 3 heteroatoms. The Bertz CT molecular complexity index is 554. The van der Waals surface area contributed by atoms with Crippen LogP contribution in [-0.2, 0) is 0 Å². The second kappa shape index (κ2) is 4.19. The highest BCUT2D eigenvalue weighted by atomic mass is 35.5. The lowest BCUT2D eigenvalue weighted by Gasteiger charge is -2.04. The first-order valence-electron chi connectivity index (χ1n) is 5.23. The van der Waals surface area contributed by atoms with Crippen LogP contribution < -0.4 is 0 Å². The van der Waals surface area contributed by atoms with Gasteiger partial charge in [-0.2, -0.15) is 0 Å². The molecule has 0 N–H and O–H groups in total. The molecule has 0 fully saturated rings. The Morgan fingerprint density at radius 3 is 2.62 bits per heavy atom. The number of rotatable bonds is 2. The first-order chi connectivity index (χ1) is 7.50. The number of fused-ring (bicyclic) bond motifs is 1. The number of hydrogen-bond acceptors (Lipinski definition) is 2. The third-order valence-corrected chi connectivity index (χ3v) is 4.40. The highest BCUT2D eigenvalue weighted by Crippen LogP contribution is 2.36. The molecule has 0 saturated carbocycles. The molecule has 2 aromatic rings. The lowest BCUT2D eigenvalue weighted by molar-refractivity contribution is 0.102. The number of benzene rings is 1. The van der Waals surface area contributed by atoms with Crippen molar-refractivity contribution < 1.29 is 4.79 Å². The molecule has 0 bridgehead atoms. The topological polar surface area (TPSA) is 17.1 Å². The van der Waals surface area contributed by atoms with Gasteiger partial charge >= 0.3 is 0 Å². The summed E-state index contributed by atoms with van der Waals surface area (Å²) in [4.78, 5) is 12.0. The predicted molar refractivity (Wildman–Crippen MR) is 70.9 cm³/mol. The fourth-order valence-electron chi connectivity index (χ4n) is 1.67. The monoisotopic (exact) mass is 252 g/mol. The molecule has 1 aromatic heterocycles. The highest BCUT2D eigenvalue weighted by molar-refractivity contribution is 7.21. The first kappa shape index (κ1) is 11.6. The van der Waals surface area contributed by atoms with Gasteiger partial charge in [-0.15, -0.1) is 11.3 Å². The van der Waals surface area contributed by atoms with Crippen LogP contribution in [-0.4, -0.2) is 5.78 Å². The van der Waals surface area contributed by atoms with Crippen molar-refractivity contribution >= 4 is 38.8 Å². The molecule has 1 heterocycles. The van der Waals surface area contributed by atoms with E-state index < -0.39 is 0 Å². The van der Waals surface area contributed by atoms with Crippen LogP contribution in [0, 0.1) is 0 Å². The molecule has 0 saturated heterocycles. The van der Waals surface area contributed by atoms with E-state index in [9.17, 15) is 4.79 Å². The van der Waals surface area contributed by atoms with Crippen LogP contribution in [0.2, 0.25) is 5.02 Å². The highest BCUT2D eigenvalue weighted by Gasteiger charge is 2.14. The number of hydrogen-bond donors (Lipinski definition) is 0. The Hall–Kier alpha value is -0.860. The van der Waals surface area contributed by atoms with Gasteiger partial charge in [0.2, 0.25) is 0 Å². The van der Waals surface area contributed by atoms with Gasteiger partial charge < -0.3 is 0 Å². The minimum atomic E-state index is 0.0392. The summed E-state index contributed by atoms with van der Waals surface area (Å²) in [6.45, 7) is 5.87. The van der Waals surface area contributed by atoms with Crippen molar-refractivity contribution in [2.24, 2.45) is 0 Å². The largest absolute Gasteiger partial charge is 0.294 e. The number of halogens is 1. The molecule has 0 amide bonds. The molecule has 16 heavy (non-hydrogen) atoms. The van der Waals surface area contributed by atoms with E-state index in [1.54, 1.807) is 6.92 Å². The SMILES string of the molecule is CC(=O)c1sc2cc(C(C)C)ccc2c1Cl. The van der Waals surface area contributed by atoms with Crippen LogP contribution in [0.5, 0.6) is 0 Å².